The van der Waals surface area contributed by atoms with E-state index in [-0.39, 0.29) is 6.61 Å². The van der Waals surface area contributed by atoms with E-state index in [9.17, 15) is 0 Å². The third kappa shape index (κ3) is 1.06. The van der Waals surface area contributed by atoms with Gasteiger partial charge in [-0.25, -0.2) is 4.98 Å². The molecule has 0 amide bonds. The van der Waals surface area contributed by atoms with E-state index in [0.29, 0.717) is 5.69 Å². The lowest BCUT2D eigenvalue weighted by Crippen LogP contribution is -1.87. The first-order valence-corrected chi connectivity index (χ1v) is 3.70. The second kappa shape index (κ2) is 2.57. The zero-order valence-corrected chi connectivity index (χ0v) is 6.73. The number of hydrogen-bond acceptors (Lipinski definition) is 3. The second-order valence-electron chi connectivity index (χ2n) is 2.67. The summed E-state index contributed by atoms with van der Waals surface area (Å²) in [4.78, 5) is 4.18. The lowest BCUT2D eigenvalue weighted by molar-refractivity contribution is 0.277. The van der Waals surface area contributed by atoms with Crippen LogP contribution in [0.4, 0.5) is 0 Å². The molecular formula is C8H9N3O. The summed E-state index contributed by atoms with van der Waals surface area (Å²) in [5.74, 6) is 0. The summed E-state index contributed by atoms with van der Waals surface area (Å²) in [6, 6.07) is 3.63. The lowest BCUT2D eigenvalue weighted by atomic mass is 10.3. The number of nitrogens with zero attached hydrogens (tertiary/aromatic N) is 3. The number of aryl methyl sites for hydroxylation is 1. The molecule has 0 aliphatic heterocycles. The summed E-state index contributed by atoms with van der Waals surface area (Å²) in [5.41, 5.74) is 2.36. The number of fused-ring (bicyclic) bond motifs is 1. The van der Waals surface area contributed by atoms with Crippen molar-refractivity contribution < 1.29 is 5.11 Å². The third-order valence-electron chi connectivity index (χ3n) is 1.70. The standard InChI is InChI=1S/C8H9N3O/c1-11-4-8-7(10-11)3-2-6(5-12)9-8/h2-4,12H,5H2,1H3. The summed E-state index contributed by atoms with van der Waals surface area (Å²) in [5, 5.41) is 13.0. The van der Waals surface area contributed by atoms with Crippen LogP contribution in [0.5, 0.6) is 0 Å². The zero-order chi connectivity index (χ0) is 8.55. The third-order valence-corrected chi connectivity index (χ3v) is 1.70. The van der Waals surface area contributed by atoms with Crippen LogP contribution in [0.25, 0.3) is 11.0 Å². The molecule has 2 rings (SSSR count). The molecule has 2 aromatic heterocycles. The van der Waals surface area contributed by atoms with Crippen molar-refractivity contribution in [3.05, 3.63) is 24.0 Å². The van der Waals surface area contributed by atoms with Crippen molar-refractivity contribution in [3.63, 3.8) is 0 Å². The molecule has 0 unspecified atom stereocenters. The number of aromatic nitrogens is 3. The van der Waals surface area contributed by atoms with E-state index in [0.717, 1.165) is 11.0 Å². The molecule has 0 aliphatic carbocycles. The van der Waals surface area contributed by atoms with Crippen LogP contribution in [-0.2, 0) is 13.7 Å². The number of aliphatic hydroxyl groups excluding tert-OH is 1. The van der Waals surface area contributed by atoms with Crippen LogP contribution in [-0.4, -0.2) is 19.9 Å². The Kier molecular flexibility index (Phi) is 1.55. The Morgan fingerprint density at radius 3 is 3.00 bits per heavy atom. The Labute approximate surface area is 69.5 Å². The Hall–Kier alpha value is -1.42. The van der Waals surface area contributed by atoms with Crippen molar-refractivity contribution in [2.75, 3.05) is 0 Å². The average Bonchev–Trinajstić information content (AvgIpc) is 2.43. The maximum Gasteiger partial charge on any atom is 0.111 e. The van der Waals surface area contributed by atoms with Gasteiger partial charge in [-0.1, -0.05) is 0 Å². The van der Waals surface area contributed by atoms with Crippen LogP contribution in [0.15, 0.2) is 18.3 Å². The number of pyridine rings is 1. The Balaban J connectivity index is 2.66. The monoisotopic (exact) mass is 163 g/mol. The highest BCUT2D eigenvalue weighted by Crippen LogP contribution is 2.09. The SMILES string of the molecule is Cn1cc2nc(CO)ccc2n1. The molecule has 0 saturated heterocycles. The molecule has 0 saturated carbocycles. The van der Waals surface area contributed by atoms with Crippen molar-refractivity contribution in [2.24, 2.45) is 7.05 Å². The van der Waals surface area contributed by atoms with Gasteiger partial charge in [-0.3, -0.25) is 4.68 Å². The fourth-order valence-electron chi connectivity index (χ4n) is 1.15. The maximum atomic E-state index is 8.81. The van der Waals surface area contributed by atoms with Gasteiger partial charge < -0.3 is 5.11 Å². The molecule has 0 bridgehead atoms. The molecule has 0 fully saturated rings. The molecule has 0 aliphatic rings. The van der Waals surface area contributed by atoms with Gasteiger partial charge in [0.1, 0.15) is 11.0 Å². The van der Waals surface area contributed by atoms with Crippen LogP contribution in [0.2, 0.25) is 0 Å². The van der Waals surface area contributed by atoms with Crippen LogP contribution in [0.3, 0.4) is 0 Å². The minimum absolute atomic E-state index is 0.0230. The maximum absolute atomic E-state index is 8.81. The summed E-state index contributed by atoms with van der Waals surface area (Å²) in [6.45, 7) is -0.0230. The van der Waals surface area contributed by atoms with Gasteiger partial charge in [-0.2, -0.15) is 5.10 Å². The number of hydrogen-bond donors (Lipinski definition) is 1. The number of aliphatic hydroxyl groups is 1. The van der Waals surface area contributed by atoms with Gasteiger partial charge in [0.2, 0.25) is 0 Å². The normalized spacial score (nSPS) is 10.8. The smallest absolute Gasteiger partial charge is 0.111 e. The molecule has 62 valence electrons. The molecule has 12 heavy (non-hydrogen) atoms. The second-order valence-corrected chi connectivity index (χ2v) is 2.67. The summed E-state index contributed by atoms with van der Waals surface area (Å²) >= 11 is 0. The van der Waals surface area contributed by atoms with Gasteiger partial charge in [-0.05, 0) is 12.1 Å². The highest BCUT2D eigenvalue weighted by atomic mass is 16.3. The van der Waals surface area contributed by atoms with Crippen molar-refractivity contribution in [2.45, 2.75) is 6.61 Å². The molecule has 4 nitrogen and oxygen atoms in total. The van der Waals surface area contributed by atoms with Gasteiger partial charge in [0, 0.05) is 7.05 Å². The van der Waals surface area contributed by atoms with Crippen molar-refractivity contribution in [3.8, 4) is 0 Å². The van der Waals surface area contributed by atoms with E-state index in [2.05, 4.69) is 10.1 Å². The minimum Gasteiger partial charge on any atom is -0.390 e. The first kappa shape index (κ1) is 7.24. The van der Waals surface area contributed by atoms with E-state index in [1.165, 1.54) is 0 Å². The lowest BCUT2D eigenvalue weighted by Gasteiger charge is -1.92. The van der Waals surface area contributed by atoms with E-state index < -0.39 is 0 Å². The zero-order valence-electron chi connectivity index (χ0n) is 6.73. The van der Waals surface area contributed by atoms with Crippen molar-refractivity contribution >= 4 is 11.0 Å². The first-order chi connectivity index (χ1) is 5.79. The Morgan fingerprint density at radius 2 is 2.25 bits per heavy atom. The van der Waals surface area contributed by atoms with Crippen LogP contribution in [0.1, 0.15) is 5.69 Å². The molecule has 2 aromatic rings. The van der Waals surface area contributed by atoms with Gasteiger partial charge in [0.05, 0.1) is 18.5 Å². The highest BCUT2D eigenvalue weighted by molar-refractivity contribution is 5.73. The molecule has 1 N–H and O–H groups in total. The molecule has 0 aromatic carbocycles. The predicted octanol–water partition coefficient (Wildman–Crippen LogP) is 0.461. The van der Waals surface area contributed by atoms with E-state index >= 15 is 0 Å². The Morgan fingerprint density at radius 1 is 1.42 bits per heavy atom. The summed E-state index contributed by atoms with van der Waals surface area (Å²) < 4.78 is 1.71. The molecule has 2 heterocycles. The molecule has 0 spiro atoms. The van der Waals surface area contributed by atoms with E-state index in [1.807, 2.05) is 19.3 Å². The quantitative estimate of drug-likeness (QED) is 0.664. The Bertz CT molecular complexity index is 408. The van der Waals surface area contributed by atoms with Crippen LogP contribution >= 0.6 is 0 Å². The molecule has 4 heteroatoms. The number of rotatable bonds is 1. The summed E-state index contributed by atoms with van der Waals surface area (Å²) in [6.07, 6.45) is 1.83. The predicted molar refractivity (Wildman–Crippen MR) is 44.4 cm³/mol. The van der Waals surface area contributed by atoms with E-state index in [4.69, 9.17) is 5.11 Å². The van der Waals surface area contributed by atoms with Crippen LogP contribution in [0, 0.1) is 0 Å². The molecule has 0 radical (unpaired) electrons. The fourth-order valence-corrected chi connectivity index (χ4v) is 1.15. The van der Waals surface area contributed by atoms with Gasteiger partial charge >= 0.3 is 0 Å². The summed E-state index contributed by atoms with van der Waals surface area (Å²) in [7, 11) is 1.85. The topological polar surface area (TPSA) is 50.9 Å². The highest BCUT2D eigenvalue weighted by Gasteiger charge is 1.99. The van der Waals surface area contributed by atoms with Crippen molar-refractivity contribution in [1.29, 1.82) is 0 Å². The molecule has 0 atom stereocenters. The van der Waals surface area contributed by atoms with Gasteiger partial charge in [0.25, 0.3) is 0 Å². The molecular weight excluding hydrogens is 154 g/mol. The van der Waals surface area contributed by atoms with Crippen molar-refractivity contribution in [1.82, 2.24) is 14.8 Å². The van der Waals surface area contributed by atoms with Crippen LogP contribution < -0.4 is 0 Å². The van der Waals surface area contributed by atoms with Gasteiger partial charge in [-0.15, -0.1) is 0 Å². The minimum atomic E-state index is -0.0230. The van der Waals surface area contributed by atoms with Gasteiger partial charge in [0.15, 0.2) is 0 Å². The van der Waals surface area contributed by atoms with E-state index in [1.54, 1.807) is 10.7 Å². The largest absolute Gasteiger partial charge is 0.390 e. The fraction of sp³-hybridized carbons (Fsp3) is 0.250. The first-order valence-electron chi connectivity index (χ1n) is 3.70. The average molecular weight is 163 g/mol.